The van der Waals surface area contributed by atoms with Crippen LogP contribution in [0.1, 0.15) is 32.6 Å². The molecule has 0 unspecified atom stereocenters. The molecule has 8 heteroatoms. The molecule has 2 heterocycles. The van der Waals surface area contributed by atoms with Gasteiger partial charge in [0.05, 0.1) is 11.1 Å². The summed E-state index contributed by atoms with van der Waals surface area (Å²) in [4.78, 5) is 14.1. The van der Waals surface area contributed by atoms with Crippen molar-refractivity contribution in [3.63, 3.8) is 0 Å². The Morgan fingerprint density at radius 3 is 2.75 bits per heavy atom. The van der Waals surface area contributed by atoms with Gasteiger partial charge in [-0.1, -0.05) is 0 Å². The first-order chi connectivity index (χ1) is 11.5. The van der Waals surface area contributed by atoms with Gasteiger partial charge in [0.25, 0.3) is 0 Å². The summed E-state index contributed by atoms with van der Waals surface area (Å²) in [6.07, 6.45) is 7.63. The molecule has 3 rings (SSSR count). The van der Waals surface area contributed by atoms with Gasteiger partial charge in [0.15, 0.2) is 0 Å². The largest absolute Gasteiger partial charge is 0.356 e. The van der Waals surface area contributed by atoms with E-state index in [0.29, 0.717) is 18.5 Å². The highest BCUT2D eigenvalue weighted by atomic mass is 32.2. The Hall–Kier alpha value is -1.67. The topological polar surface area (TPSA) is 91.0 Å². The fourth-order valence-corrected chi connectivity index (χ4v) is 4.09. The van der Waals surface area contributed by atoms with E-state index in [1.807, 2.05) is 12.3 Å². The van der Waals surface area contributed by atoms with Crippen molar-refractivity contribution in [3.8, 4) is 0 Å². The van der Waals surface area contributed by atoms with Gasteiger partial charge in [0, 0.05) is 25.8 Å². The second-order valence-electron chi connectivity index (χ2n) is 6.47. The molecule has 2 N–H and O–H groups in total. The number of hydrogen-bond acceptors (Lipinski definition) is 5. The third kappa shape index (κ3) is 3.70. The van der Waals surface area contributed by atoms with Crippen LogP contribution in [0, 0.1) is 5.92 Å². The summed E-state index contributed by atoms with van der Waals surface area (Å²) in [6, 6.07) is 2.43. The number of hydrogen-bond donors (Lipinski definition) is 2. The number of nitrogens with one attached hydrogen (secondary N) is 2. The third-order valence-electron chi connectivity index (χ3n) is 5.00. The zero-order chi connectivity index (χ0) is 17.2. The van der Waals surface area contributed by atoms with Crippen LogP contribution in [0.5, 0.6) is 0 Å². The lowest BCUT2D eigenvalue weighted by atomic mass is 9.85. The second kappa shape index (κ2) is 7.06. The molecule has 0 aliphatic heterocycles. The molecule has 0 atom stereocenters. The van der Waals surface area contributed by atoms with Crippen LogP contribution in [-0.2, 0) is 10.0 Å². The van der Waals surface area contributed by atoms with E-state index in [9.17, 15) is 8.42 Å². The SMILES string of the molecule is CCS(=O)(=O)NCC1CCC(N(C)c2ncnc3[nH]ccc23)CC1. The lowest BCUT2D eigenvalue weighted by Gasteiger charge is -2.35. The molecule has 1 saturated carbocycles. The number of H-pyrrole nitrogens is 1. The summed E-state index contributed by atoms with van der Waals surface area (Å²) < 4.78 is 25.8. The molecule has 24 heavy (non-hydrogen) atoms. The standard InChI is InChI=1S/C16H25N5O2S/c1-3-24(22,23)20-10-12-4-6-13(7-5-12)21(2)16-14-8-9-17-15(14)18-11-19-16/h8-9,11-13,20H,3-7,10H2,1-2H3,(H,17,18,19). The normalized spacial score (nSPS) is 21.9. The van der Waals surface area contributed by atoms with Crippen molar-refractivity contribution >= 4 is 26.9 Å². The van der Waals surface area contributed by atoms with Crippen molar-refractivity contribution in [2.45, 2.75) is 38.6 Å². The molecule has 0 bridgehead atoms. The molecular formula is C16H25N5O2S. The molecule has 0 radical (unpaired) electrons. The molecule has 0 spiro atoms. The summed E-state index contributed by atoms with van der Waals surface area (Å²) in [6.45, 7) is 2.22. The molecule has 0 amide bonds. The monoisotopic (exact) mass is 351 g/mol. The van der Waals surface area contributed by atoms with E-state index in [4.69, 9.17) is 0 Å². The molecule has 1 fully saturated rings. The molecule has 2 aromatic rings. The minimum atomic E-state index is -3.09. The highest BCUT2D eigenvalue weighted by Gasteiger charge is 2.26. The van der Waals surface area contributed by atoms with Crippen LogP contribution in [0.25, 0.3) is 11.0 Å². The highest BCUT2D eigenvalue weighted by Crippen LogP contribution is 2.31. The van der Waals surface area contributed by atoms with Crippen molar-refractivity contribution in [2.24, 2.45) is 5.92 Å². The predicted octanol–water partition coefficient (Wildman–Crippen LogP) is 1.89. The van der Waals surface area contributed by atoms with E-state index >= 15 is 0 Å². The van der Waals surface area contributed by atoms with Crippen LogP contribution in [0.15, 0.2) is 18.6 Å². The number of aromatic nitrogens is 3. The molecule has 1 aliphatic carbocycles. The molecular weight excluding hydrogens is 326 g/mol. The van der Waals surface area contributed by atoms with Gasteiger partial charge in [0.1, 0.15) is 17.8 Å². The van der Waals surface area contributed by atoms with Crippen LogP contribution >= 0.6 is 0 Å². The third-order valence-corrected chi connectivity index (χ3v) is 6.37. The first-order valence-corrected chi connectivity index (χ1v) is 10.1. The number of anilines is 1. The Morgan fingerprint density at radius 2 is 2.04 bits per heavy atom. The predicted molar refractivity (Wildman–Crippen MR) is 95.5 cm³/mol. The van der Waals surface area contributed by atoms with Crippen LogP contribution in [0.4, 0.5) is 5.82 Å². The lowest BCUT2D eigenvalue weighted by Crippen LogP contribution is -2.38. The van der Waals surface area contributed by atoms with E-state index in [-0.39, 0.29) is 5.75 Å². The van der Waals surface area contributed by atoms with Crippen molar-refractivity contribution in [1.82, 2.24) is 19.7 Å². The number of aromatic amines is 1. The zero-order valence-corrected chi connectivity index (χ0v) is 15.0. The molecule has 1 aliphatic rings. The van der Waals surface area contributed by atoms with Crippen LogP contribution in [-0.4, -0.2) is 48.8 Å². The Morgan fingerprint density at radius 1 is 1.29 bits per heavy atom. The van der Waals surface area contributed by atoms with Crippen molar-refractivity contribution in [1.29, 1.82) is 0 Å². The number of sulfonamides is 1. The van der Waals surface area contributed by atoms with Crippen molar-refractivity contribution < 1.29 is 8.42 Å². The van der Waals surface area contributed by atoms with Crippen LogP contribution in [0.3, 0.4) is 0 Å². The van der Waals surface area contributed by atoms with Gasteiger partial charge in [0.2, 0.25) is 10.0 Å². The molecule has 132 valence electrons. The number of nitrogens with zero attached hydrogens (tertiary/aromatic N) is 3. The van der Waals surface area contributed by atoms with Gasteiger partial charge in [-0.05, 0) is 44.6 Å². The molecule has 7 nitrogen and oxygen atoms in total. The molecule has 2 aromatic heterocycles. The van der Waals surface area contributed by atoms with Gasteiger partial charge >= 0.3 is 0 Å². The van der Waals surface area contributed by atoms with E-state index in [1.165, 1.54) is 0 Å². The van der Waals surface area contributed by atoms with Gasteiger partial charge < -0.3 is 9.88 Å². The lowest BCUT2D eigenvalue weighted by molar-refractivity contribution is 0.320. The Bertz CT molecular complexity index is 781. The fourth-order valence-electron chi connectivity index (χ4n) is 3.40. The van der Waals surface area contributed by atoms with Gasteiger partial charge in [-0.25, -0.2) is 23.1 Å². The van der Waals surface area contributed by atoms with E-state index in [0.717, 1.165) is 42.5 Å². The van der Waals surface area contributed by atoms with Crippen LogP contribution in [0.2, 0.25) is 0 Å². The van der Waals surface area contributed by atoms with E-state index in [1.54, 1.807) is 13.3 Å². The van der Waals surface area contributed by atoms with E-state index in [2.05, 4.69) is 31.6 Å². The van der Waals surface area contributed by atoms with Gasteiger partial charge in [-0.15, -0.1) is 0 Å². The van der Waals surface area contributed by atoms with Crippen LogP contribution < -0.4 is 9.62 Å². The maximum absolute atomic E-state index is 11.6. The van der Waals surface area contributed by atoms with Gasteiger partial charge in [-0.3, -0.25) is 0 Å². The quantitative estimate of drug-likeness (QED) is 0.829. The molecule has 0 aromatic carbocycles. The van der Waals surface area contributed by atoms with Crippen molar-refractivity contribution in [3.05, 3.63) is 18.6 Å². The summed E-state index contributed by atoms with van der Waals surface area (Å²) in [5.74, 6) is 1.52. The summed E-state index contributed by atoms with van der Waals surface area (Å²) in [5.41, 5.74) is 0.856. The minimum Gasteiger partial charge on any atom is -0.356 e. The highest BCUT2D eigenvalue weighted by molar-refractivity contribution is 7.89. The minimum absolute atomic E-state index is 0.144. The van der Waals surface area contributed by atoms with Gasteiger partial charge in [-0.2, -0.15) is 0 Å². The smallest absolute Gasteiger partial charge is 0.211 e. The first kappa shape index (κ1) is 17.2. The summed E-state index contributed by atoms with van der Waals surface area (Å²) in [5, 5.41) is 1.04. The number of fused-ring (bicyclic) bond motifs is 1. The maximum atomic E-state index is 11.6. The first-order valence-electron chi connectivity index (χ1n) is 8.48. The Balaban J connectivity index is 1.59. The molecule has 0 saturated heterocycles. The maximum Gasteiger partial charge on any atom is 0.211 e. The second-order valence-corrected chi connectivity index (χ2v) is 8.57. The van der Waals surface area contributed by atoms with E-state index < -0.39 is 10.0 Å². The Kier molecular flexibility index (Phi) is 5.05. The Labute approximate surface area is 142 Å². The van der Waals surface area contributed by atoms with Crippen molar-refractivity contribution in [2.75, 3.05) is 24.2 Å². The number of rotatable bonds is 6. The zero-order valence-electron chi connectivity index (χ0n) is 14.2. The summed E-state index contributed by atoms with van der Waals surface area (Å²) in [7, 11) is -1.01. The average molecular weight is 351 g/mol. The fraction of sp³-hybridized carbons (Fsp3) is 0.625. The summed E-state index contributed by atoms with van der Waals surface area (Å²) >= 11 is 0. The average Bonchev–Trinajstić information content (AvgIpc) is 3.08.